The van der Waals surface area contributed by atoms with Gasteiger partial charge in [-0.1, -0.05) is 0 Å². The SMILES string of the molecule is CN(CC1CCCCO1)C1(CN)CCC1. The van der Waals surface area contributed by atoms with Crippen LogP contribution < -0.4 is 5.73 Å². The van der Waals surface area contributed by atoms with Gasteiger partial charge in [-0.15, -0.1) is 0 Å². The Balaban J connectivity index is 1.82. The molecule has 88 valence electrons. The van der Waals surface area contributed by atoms with Crippen molar-refractivity contribution < 1.29 is 4.74 Å². The molecule has 1 saturated heterocycles. The highest BCUT2D eigenvalue weighted by atomic mass is 16.5. The minimum atomic E-state index is 0.306. The average molecular weight is 212 g/mol. The predicted octanol–water partition coefficient (Wildman–Crippen LogP) is 1.37. The Morgan fingerprint density at radius 1 is 1.33 bits per heavy atom. The van der Waals surface area contributed by atoms with Crippen molar-refractivity contribution in [3.8, 4) is 0 Å². The van der Waals surface area contributed by atoms with Gasteiger partial charge >= 0.3 is 0 Å². The molecule has 0 bridgehead atoms. The summed E-state index contributed by atoms with van der Waals surface area (Å²) in [7, 11) is 2.21. The molecular weight excluding hydrogens is 188 g/mol. The molecule has 0 spiro atoms. The van der Waals surface area contributed by atoms with Gasteiger partial charge in [0.1, 0.15) is 0 Å². The van der Waals surface area contributed by atoms with Crippen LogP contribution >= 0.6 is 0 Å². The molecular formula is C12H24N2O. The van der Waals surface area contributed by atoms with E-state index in [2.05, 4.69) is 11.9 Å². The fraction of sp³-hybridized carbons (Fsp3) is 1.00. The van der Waals surface area contributed by atoms with Gasteiger partial charge < -0.3 is 10.5 Å². The minimum Gasteiger partial charge on any atom is -0.377 e. The molecule has 2 N–H and O–H groups in total. The predicted molar refractivity (Wildman–Crippen MR) is 61.9 cm³/mol. The Morgan fingerprint density at radius 2 is 2.13 bits per heavy atom. The Labute approximate surface area is 93.0 Å². The van der Waals surface area contributed by atoms with Gasteiger partial charge in [-0.25, -0.2) is 0 Å². The first-order chi connectivity index (χ1) is 7.27. The molecule has 1 aliphatic carbocycles. The number of hydrogen-bond donors (Lipinski definition) is 1. The number of ether oxygens (including phenoxy) is 1. The Hall–Kier alpha value is -0.120. The van der Waals surface area contributed by atoms with Crippen LogP contribution in [0.15, 0.2) is 0 Å². The number of rotatable bonds is 4. The van der Waals surface area contributed by atoms with Crippen LogP contribution in [0.4, 0.5) is 0 Å². The maximum absolute atomic E-state index is 5.89. The number of nitrogens with two attached hydrogens (primary N) is 1. The molecule has 1 heterocycles. The van der Waals surface area contributed by atoms with Gasteiger partial charge in [0.2, 0.25) is 0 Å². The molecule has 1 unspecified atom stereocenters. The lowest BCUT2D eigenvalue weighted by molar-refractivity contribution is -0.0402. The second kappa shape index (κ2) is 4.81. The Bertz CT molecular complexity index is 192. The van der Waals surface area contributed by atoms with Crippen molar-refractivity contribution in [2.24, 2.45) is 5.73 Å². The van der Waals surface area contributed by atoms with Crippen LogP contribution in [0.5, 0.6) is 0 Å². The number of nitrogens with zero attached hydrogens (tertiary/aromatic N) is 1. The van der Waals surface area contributed by atoms with Crippen LogP contribution in [0.3, 0.4) is 0 Å². The molecule has 0 aromatic heterocycles. The van der Waals surface area contributed by atoms with E-state index >= 15 is 0 Å². The fourth-order valence-corrected chi connectivity index (χ4v) is 2.78. The van der Waals surface area contributed by atoms with Crippen molar-refractivity contribution in [3.63, 3.8) is 0 Å². The highest BCUT2D eigenvalue weighted by Crippen LogP contribution is 2.36. The third kappa shape index (κ3) is 2.35. The number of likely N-dealkylation sites (N-methyl/N-ethyl adjacent to an activating group) is 1. The molecule has 1 saturated carbocycles. The monoisotopic (exact) mass is 212 g/mol. The summed E-state index contributed by atoms with van der Waals surface area (Å²) in [5.74, 6) is 0. The van der Waals surface area contributed by atoms with Gasteiger partial charge in [-0.2, -0.15) is 0 Å². The lowest BCUT2D eigenvalue weighted by Crippen LogP contribution is -2.58. The van der Waals surface area contributed by atoms with Crippen LogP contribution in [0.1, 0.15) is 38.5 Å². The number of hydrogen-bond acceptors (Lipinski definition) is 3. The van der Waals surface area contributed by atoms with E-state index in [1.807, 2.05) is 0 Å². The first-order valence-electron chi connectivity index (χ1n) is 6.30. The normalized spacial score (nSPS) is 30.2. The van der Waals surface area contributed by atoms with Gasteiger partial charge in [0.15, 0.2) is 0 Å². The molecule has 3 nitrogen and oxygen atoms in total. The average Bonchev–Trinajstić information content (AvgIpc) is 2.18. The summed E-state index contributed by atoms with van der Waals surface area (Å²) in [6, 6.07) is 0. The van der Waals surface area contributed by atoms with E-state index in [1.54, 1.807) is 0 Å². The van der Waals surface area contributed by atoms with Crippen LogP contribution in [0.25, 0.3) is 0 Å². The second-order valence-electron chi connectivity index (χ2n) is 5.15. The topological polar surface area (TPSA) is 38.5 Å². The molecule has 3 heteroatoms. The molecule has 2 rings (SSSR count). The van der Waals surface area contributed by atoms with E-state index in [-0.39, 0.29) is 0 Å². The van der Waals surface area contributed by atoms with Crippen LogP contribution in [0.2, 0.25) is 0 Å². The third-order valence-corrected chi connectivity index (χ3v) is 4.23. The van der Waals surface area contributed by atoms with Crippen LogP contribution in [-0.4, -0.2) is 43.3 Å². The molecule has 0 radical (unpaired) electrons. The van der Waals surface area contributed by atoms with Gasteiger partial charge in [-0.05, 0) is 45.6 Å². The van der Waals surface area contributed by atoms with Gasteiger partial charge in [0.05, 0.1) is 6.10 Å². The first-order valence-corrected chi connectivity index (χ1v) is 6.30. The quantitative estimate of drug-likeness (QED) is 0.765. The highest BCUT2D eigenvalue weighted by molar-refractivity contribution is 4.98. The molecule has 0 amide bonds. The molecule has 2 aliphatic rings. The zero-order valence-electron chi connectivity index (χ0n) is 9.87. The molecule has 0 aromatic carbocycles. The largest absolute Gasteiger partial charge is 0.377 e. The molecule has 1 atom stereocenters. The van der Waals surface area contributed by atoms with E-state index in [9.17, 15) is 0 Å². The summed E-state index contributed by atoms with van der Waals surface area (Å²) in [6.07, 6.45) is 8.13. The van der Waals surface area contributed by atoms with Crippen LogP contribution in [-0.2, 0) is 4.74 Å². The second-order valence-corrected chi connectivity index (χ2v) is 5.15. The van der Waals surface area contributed by atoms with E-state index < -0.39 is 0 Å². The van der Waals surface area contributed by atoms with E-state index in [0.29, 0.717) is 11.6 Å². The Morgan fingerprint density at radius 3 is 2.60 bits per heavy atom. The van der Waals surface area contributed by atoms with Crippen molar-refractivity contribution in [3.05, 3.63) is 0 Å². The van der Waals surface area contributed by atoms with Crippen LogP contribution in [0, 0.1) is 0 Å². The van der Waals surface area contributed by atoms with E-state index in [0.717, 1.165) is 19.7 Å². The van der Waals surface area contributed by atoms with Crippen molar-refractivity contribution in [2.45, 2.75) is 50.2 Å². The van der Waals surface area contributed by atoms with E-state index in [4.69, 9.17) is 10.5 Å². The van der Waals surface area contributed by atoms with Crippen molar-refractivity contribution in [2.75, 3.05) is 26.7 Å². The zero-order chi connectivity index (χ0) is 10.7. The van der Waals surface area contributed by atoms with Gasteiger partial charge in [0.25, 0.3) is 0 Å². The summed E-state index contributed by atoms with van der Waals surface area (Å²) < 4.78 is 5.77. The maximum atomic E-state index is 5.89. The summed E-state index contributed by atoms with van der Waals surface area (Å²) in [5, 5.41) is 0. The fourth-order valence-electron chi connectivity index (χ4n) is 2.78. The highest BCUT2D eigenvalue weighted by Gasteiger charge is 2.40. The third-order valence-electron chi connectivity index (χ3n) is 4.23. The first kappa shape index (κ1) is 11.4. The van der Waals surface area contributed by atoms with Crippen molar-refractivity contribution >= 4 is 0 Å². The summed E-state index contributed by atoms with van der Waals surface area (Å²) in [5.41, 5.74) is 6.20. The molecule has 2 fully saturated rings. The summed E-state index contributed by atoms with van der Waals surface area (Å²) >= 11 is 0. The van der Waals surface area contributed by atoms with Gasteiger partial charge in [0, 0.05) is 25.2 Å². The molecule has 15 heavy (non-hydrogen) atoms. The summed E-state index contributed by atoms with van der Waals surface area (Å²) in [6.45, 7) is 2.82. The lowest BCUT2D eigenvalue weighted by Gasteiger charge is -2.49. The Kier molecular flexibility index (Phi) is 3.65. The van der Waals surface area contributed by atoms with Crippen molar-refractivity contribution in [1.82, 2.24) is 4.90 Å². The summed E-state index contributed by atoms with van der Waals surface area (Å²) in [4.78, 5) is 2.45. The zero-order valence-corrected chi connectivity index (χ0v) is 9.87. The smallest absolute Gasteiger partial charge is 0.0702 e. The maximum Gasteiger partial charge on any atom is 0.0702 e. The molecule has 1 aliphatic heterocycles. The van der Waals surface area contributed by atoms with Gasteiger partial charge in [-0.3, -0.25) is 4.90 Å². The molecule has 0 aromatic rings. The lowest BCUT2D eigenvalue weighted by atomic mass is 9.75. The van der Waals surface area contributed by atoms with Crippen molar-refractivity contribution in [1.29, 1.82) is 0 Å². The van der Waals surface area contributed by atoms with E-state index in [1.165, 1.54) is 38.5 Å². The standard InChI is InChI=1S/C12H24N2O/c1-14(12(10-13)6-4-7-12)9-11-5-2-3-8-15-11/h11H,2-10,13H2,1H3. The minimum absolute atomic E-state index is 0.306.